The Morgan fingerprint density at radius 3 is 1.76 bits per heavy atom. The van der Waals surface area contributed by atoms with Crippen LogP contribution in [0.5, 0.6) is 0 Å². The summed E-state index contributed by atoms with van der Waals surface area (Å²) in [5, 5.41) is -1.34. The van der Waals surface area contributed by atoms with E-state index in [0.717, 1.165) is 24.3 Å². The lowest BCUT2D eigenvalue weighted by atomic mass is 9.70. The van der Waals surface area contributed by atoms with Crippen molar-refractivity contribution < 1.29 is 57.9 Å². The minimum atomic E-state index is -4.05. The molecule has 70 heavy (non-hydrogen) atoms. The first-order valence-corrected chi connectivity index (χ1v) is 21.3. The van der Waals surface area contributed by atoms with Crippen LogP contribution in [0.4, 0.5) is 17.1 Å². The normalized spacial score (nSPS) is 22.3. The fourth-order valence-corrected chi connectivity index (χ4v) is 10.1. The number of hydrogen-bond donors (Lipinski definition) is 0. The van der Waals surface area contributed by atoms with Crippen LogP contribution >= 0.6 is 0 Å². The summed E-state index contributed by atoms with van der Waals surface area (Å²) in [7, 11) is 0. The minimum absolute atomic E-state index is 0.0555. The lowest BCUT2D eigenvalue weighted by molar-refractivity contribution is 0.660. The van der Waals surface area contributed by atoms with E-state index in [4.69, 9.17) is 19.5 Å². The molecule has 0 saturated heterocycles. The first-order valence-electron chi connectivity index (χ1n) is 40.8. The summed E-state index contributed by atoms with van der Waals surface area (Å²) in [5.41, 5.74) is -23.0. The molecule has 328 valence electrons. The van der Waals surface area contributed by atoms with E-state index in [-0.39, 0.29) is 16.4 Å². The van der Waals surface area contributed by atoms with E-state index in [1.165, 1.54) is 0 Å². The molecule has 1 heterocycles. The first-order chi connectivity index (χ1) is 50.7. The second-order valence-electron chi connectivity index (χ2n) is 16.5. The number of hydrogen-bond acceptors (Lipinski definition) is 2. The number of anilines is 3. The fourth-order valence-electron chi connectivity index (χ4n) is 10.1. The molecule has 11 aromatic carbocycles. The molecule has 15 rings (SSSR count). The molecule has 3 aliphatic rings. The number of rotatable bonds is 5. The summed E-state index contributed by atoms with van der Waals surface area (Å²) in [6.45, 7) is -8.11. The molecule has 0 N–H and O–H groups in total. The number of para-hydroxylation sites is 2. The largest absolute Gasteiger partial charge is 0.455 e. The van der Waals surface area contributed by atoms with E-state index < -0.39 is 346 Å². The van der Waals surface area contributed by atoms with Gasteiger partial charge in [0.2, 0.25) is 0 Å². The van der Waals surface area contributed by atoms with Gasteiger partial charge in [0.15, 0.2) is 0 Å². The maximum Gasteiger partial charge on any atom is 0.143 e. The molecule has 2 nitrogen and oxygen atoms in total. The molecule has 0 unspecified atom stereocenters. The predicted molar refractivity (Wildman–Crippen MR) is 291 cm³/mol. The Bertz CT molecular complexity index is 6300. The molecule has 0 atom stereocenters. The Morgan fingerprint density at radius 1 is 0.386 bits per heavy atom. The van der Waals surface area contributed by atoms with Gasteiger partial charge in [0.25, 0.3) is 0 Å². The number of benzene rings is 11. The lowest BCUT2D eigenvalue weighted by Gasteiger charge is -2.32. The van der Waals surface area contributed by atoms with Crippen molar-refractivity contribution in [2.75, 3.05) is 4.90 Å². The van der Waals surface area contributed by atoms with Gasteiger partial charge in [0, 0.05) is 52.6 Å². The molecule has 0 fully saturated rings. The van der Waals surface area contributed by atoms with Gasteiger partial charge in [-0.15, -0.1) is 0 Å². The van der Waals surface area contributed by atoms with Crippen molar-refractivity contribution in [2.45, 2.75) is 24.5 Å². The molecule has 0 radical (unpaired) electrons. The van der Waals surface area contributed by atoms with Gasteiger partial charge in [-0.3, -0.25) is 0 Å². The predicted octanol–water partition coefficient (Wildman–Crippen LogP) is 18.2. The zero-order valence-corrected chi connectivity index (χ0v) is 35.3. The zero-order chi connectivity index (χ0) is 80.0. The third-order valence-corrected chi connectivity index (χ3v) is 13.0. The molecule has 0 amide bonds. The van der Waals surface area contributed by atoms with Crippen molar-refractivity contribution in [3.63, 3.8) is 0 Å². The number of fused-ring (bicyclic) bond motifs is 17. The smallest absolute Gasteiger partial charge is 0.143 e. The van der Waals surface area contributed by atoms with Gasteiger partial charge in [0.05, 0.1) is 50.7 Å². The third kappa shape index (κ3) is 5.23. The molecule has 3 aliphatic carbocycles. The Kier molecular flexibility index (Phi) is 3.51. The van der Waals surface area contributed by atoms with Crippen LogP contribution in [0.2, 0.25) is 0 Å². The highest BCUT2D eigenvalue weighted by atomic mass is 16.3. The monoisotopic (exact) mass is 931 g/mol. The van der Waals surface area contributed by atoms with Crippen LogP contribution in [0.3, 0.4) is 0 Å². The van der Waals surface area contributed by atoms with Crippen molar-refractivity contribution in [1.82, 2.24) is 0 Å². The van der Waals surface area contributed by atoms with Crippen LogP contribution in [0.15, 0.2) is 240 Å². The topological polar surface area (TPSA) is 16.4 Å². The Labute approximate surface area is 462 Å². The summed E-state index contributed by atoms with van der Waals surface area (Å²) >= 11 is 0. The van der Waals surface area contributed by atoms with Crippen LogP contribution in [0.25, 0.3) is 88.3 Å². The summed E-state index contributed by atoms with van der Waals surface area (Å²) in [6, 6.07) is -27.2. The molecular formula is C68H45NO. The second-order valence-corrected chi connectivity index (χ2v) is 16.5. The minimum Gasteiger partial charge on any atom is -0.455 e. The van der Waals surface area contributed by atoms with Crippen LogP contribution in [0, 0.1) is 0 Å². The highest BCUT2D eigenvalue weighted by Crippen LogP contribution is 2.63. The average molecular weight is 931 g/mol. The molecule has 12 aromatic rings. The van der Waals surface area contributed by atoms with Crippen molar-refractivity contribution in [3.05, 3.63) is 269 Å². The molecule has 0 saturated carbocycles. The molecule has 0 bridgehead atoms. The Morgan fingerprint density at radius 2 is 0.986 bits per heavy atom. The summed E-state index contributed by atoms with van der Waals surface area (Å²) in [6.07, 6.45) is 0. The van der Waals surface area contributed by atoms with Crippen molar-refractivity contribution in [3.8, 4) is 55.6 Å². The Balaban J connectivity index is 1.15. The highest BCUT2D eigenvalue weighted by molar-refractivity contribution is 6.15. The first kappa shape index (κ1) is 17.1. The van der Waals surface area contributed by atoms with Crippen LogP contribution < -0.4 is 4.90 Å². The Hall–Kier alpha value is -8.72. The average Bonchev–Trinajstić information content (AvgIpc) is 1.48. The maximum absolute atomic E-state index is 11.0. The van der Waals surface area contributed by atoms with E-state index in [0.29, 0.717) is 17.0 Å². The molecule has 1 spiro atoms. The van der Waals surface area contributed by atoms with Gasteiger partial charge in [0.1, 0.15) is 11.2 Å². The molecular weight excluding hydrogens is 847 g/mol. The quantitative estimate of drug-likeness (QED) is 0.171. The van der Waals surface area contributed by atoms with E-state index >= 15 is 0 Å². The van der Waals surface area contributed by atoms with E-state index in [1.807, 2.05) is 0 Å². The summed E-state index contributed by atoms with van der Waals surface area (Å²) < 4.78 is 373. The van der Waals surface area contributed by atoms with Crippen molar-refractivity contribution >= 4 is 49.8 Å². The molecule has 1 aromatic heterocycles. The van der Waals surface area contributed by atoms with Crippen LogP contribution in [-0.2, 0) is 10.8 Å². The molecule has 2 heteroatoms. The SMILES string of the molecule is [2H]c1cc2c(oc3c(-c4c(-c5c([2H])cc(N(c6cc([2H])c7c(c6[2H])C(C([2H])([2H])[2H])(C([2H])([2H])[2H])c6c([2H])c([2H])c([2H])c([2H])c6-7)c6c([2H])cc7c(c6[2H])C6(c8c([2H])c([2H])c([2H])c([2H])c8-7)c7c([2H])c([2H])c([2H])c([2H])c7-c7c([2H])c([2H])c([2H])c([2H])c76)c([2H])c5[2H])cc([2H])c5c([2H])c([2H])c([2H])c([2H])c45)c([2H])c([2H])cc32)c([2H])c1[2H]. The van der Waals surface area contributed by atoms with Gasteiger partial charge in [-0.25, -0.2) is 0 Å². The van der Waals surface area contributed by atoms with E-state index in [9.17, 15) is 38.4 Å². The summed E-state index contributed by atoms with van der Waals surface area (Å²) in [4.78, 5) is 0.509. The van der Waals surface area contributed by atoms with Gasteiger partial charge >= 0.3 is 0 Å². The van der Waals surface area contributed by atoms with Crippen LogP contribution in [-0.4, -0.2) is 0 Å². The van der Waals surface area contributed by atoms with Gasteiger partial charge < -0.3 is 9.32 Å². The highest BCUT2D eigenvalue weighted by Gasteiger charge is 2.51. The van der Waals surface area contributed by atoms with Crippen LogP contribution in [0.1, 0.15) is 101 Å². The standard InChI is InChI=1S/C68H45NO/c1-67(2)58-25-10-5-18-49(58)53-38-35-45(40-62(53)67)69(46-36-39-54-52-21-8-13-28-61(52)68(63(54)41-46)59-26-11-6-19-50(59)51-20-7-12-27-60(51)68)44-33-30-43(31-34-44)48-37-32-42-16-3-4-17-47(42)65(48)57-24-15-23-56-55-22-9-14-29-64(55)70-66(56)57/h3-41H,1-2H3/i1D3,2D3,3D,4D,5D,6D,7D,8D,9D,10D,11D,12D,13D,14D,15D,16D,17D,18D,19D,20D,21D,24D,25D,26D,27D,28D,29D,30D,31D,32D,33D,36D,38D,40D,41D. The fraction of sp³-hybridized carbons (Fsp3) is 0.0588. The van der Waals surface area contributed by atoms with Gasteiger partial charge in [-0.05, 0) is 131 Å². The third-order valence-electron chi connectivity index (χ3n) is 13.0. The summed E-state index contributed by atoms with van der Waals surface area (Å²) in [5.74, 6) is 0. The zero-order valence-electron chi connectivity index (χ0n) is 74.3. The van der Waals surface area contributed by atoms with E-state index in [1.54, 1.807) is 0 Å². The maximum atomic E-state index is 11.0. The molecule has 0 aliphatic heterocycles. The number of furan rings is 1. The van der Waals surface area contributed by atoms with Gasteiger partial charge in [-0.2, -0.15) is 0 Å². The van der Waals surface area contributed by atoms with Crippen molar-refractivity contribution in [2.24, 2.45) is 0 Å². The van der Waals surface area contributed by atoms with Gasteiger partial charge in [-0.1, -0.05) is 207 Å². The lowest BCUT2D eigenvalue weighted by Crippen LogP contribution is -2.26. The number of nitrogens with zero attached hydrogens (tertiary/aromatic N) is 1. The van der Waals surface area contributed by atoms with E-state index in [2.05, 4.69) is 0 Å². The van der Waals surface area contributed by atoms with Crippen molar-refractivity contribution in [1.29, 1.82) is 0 Å². The second kappa shape index (κ2) is 14.4.